The number of hydrogen-bond acceptors (Lipinski definition) is 3. The summed E-state index contributed by atoms with van der Waals surface area (Å²) in [5, 5.41) is 0. The van der Waals surface area contributed by atoms with Gasteiger partial charge in [-0.05, 0) is 29.8 Å². The Hall–Kier alpha value is -2.40. The Morgan fingerprint density at radius 3 is 2.86 bits per heavy atom. The molecule has 0 radical (unpaired) electrons. The highest BCUT2D eigenvalue weighted by Crippen LogP contribution is 2.21. The second-order valence-corrected chi connectivity index (χ2v) is 5.20. The number of rotatable bonds is 4. The van der Waals surface area contributed by atoms with Gasteiger partial charge in [0, 0.05) is 6.54 Å². The van der Waals surface area contributed by atoms with E-state index in [4.69, 9.17) is 22.7 Å². The van der Waals surface area contributed by atoms with E-state index in [1.165, 1.54) is 0 Å². The number of nitrogens with two attached hydrogens (primary N) is 1. The van der Waals surface area contributed by atoms with Gasteiger partial charge in [-0.3, -0.25) is 0 Å². The highest BCUT2D eigenvalue weighted by molar-refractivity contribution is 7.80. The fourth-order valence-corrected chi connectivity index (χ4v) is 2.54. The summed E-state index contributed by atoms with van der Waals surface area (Å²) < 4.78 is 7.38. The van der Waals surface area contributed by atoms with Crippen LogP contribution in [0.4, 0.5) is 0 Å². The fourth-order valence-electron chi connectivity index (χ4n) is 2.38. The fraction of sp³-hybridized carbons (Fsp3) is 0.125. The quantitative estimate of drug-likeness (QED) is 0.752. The van der Waals surface area contributed by atoms with Gasteiger partial charge in [0.2, 0.25) is 0 Å². The summed E-state index contributed by atoms with van der Waals surface area (Å²) in [4.78, 5) is 4.73. The Morgan fingerprint density at radius 1 is 1.29 bits per heavy atom. The van der Waals surface area contributed by atoms with E-state index in [0.29, 0.717) is 17.3 Å². The van der Waals surface area contributed by atoms with Crippen LogP contribution in [0.5, 0.6) is 5.75 Å². The van der Waals surface area contributed by atoms with E-state index in [-0.39, 0.29) is 0 Å². The van der Waals surface area contributed by atoms with Crippen molar-refractivity contribution in [3.63, 3.8) is 0 Å². The smallest absolute Gasteiger partial charge is 0.129 e. The molecular formula is C16H15N3OS. The van der Waals surface area contributed by atoms with Gasteiger partial charge in [0.15, 0.2) is 0 Å². The van der Waals surface area contributed by atoms with Crippen LogP contribution in [0.25, 0.3) is 11.0 Å². The molecule has 3 aromatic rings. The third kappa shape index (κ3) is 2.60. The molecule has 0 saturated heterocycles. The lowest BCUT2D eigenvalue weighted by Crippen LogP contribution is -2.12. The van der Waals surface area contributed by atoms with E-state index in [1.54, 1.807) is 7.11 Å². The number of imidazole rings is 1. The van der Waals surface area contributed by atoms with Crippen molar-refractivity contribution in [1.29, 1.82) is 0 Å². The van der Waals surface area contributed by atoms with Crippen LogP contribution in [-0.4, -0.2) is 21.6 Å². The van der Waals surface area contributed by atoms with Crippen molar-refractivity contribution in [2.75, 3.05) is 7.11 Å². The van der Waals surface area contributed by atoms with Crippen LogP contribution in [-0.2, 0) is 6.54 Å². The third-order valence-corrected chi connectivity index (χ3v) is 3.63. The zero-order valence-electron chi connectivity index (χ0n) is 11.6. The standard InChI is InChI=1S/C16H15N3OS/c1-20-15-7-6-11(8-12(15)16(17)21)9-19-10-18-13-4-2-3-5-14(13)19/h2-8,10H,9H2,1H3,(H2,17,21). The lowest BCUT2D eigenvalue weighted by atomic mass is 10.1. The molecule has 106 valence electrons. The lowest BCUT2D eigenvalue weighted by molar-refractivity contribution is 0.414. The van der Waals surface area contributed by atoms with Crippen LogP contribution < -0.4 is 10.5 Å². The maximum atomic E-state index is 5.76. The molecule has 21 heavy (non-hydrogen) atoms. The molecule has 2 N–H and O–H groups in total. The summed E-state index contributed by atoms with van der Waals surface area (Å²) in [6.07, 6.45) is 1.84. The van der Waals surface area contributed by atoms with Crippen molar-refractivity contribution < 1.29 is 4.74 Å². The van der Waals surface area contributed by atoms with Gasteiger partial charge in [-0.25, -0.2) is 4.98 Å². The maximum absolute atomic E-state index is 5.76. The minimum atomic E-state index is 0.337. The van der Waals surface area contributed by atoms with Gasteiger partial charge in [-0.15, -0.1) is 0 Å². The number of thiocarbonyl (C=S) groups is 1. The summed E-state index contributed by atoms with van der Waals surface area (Å²) in [7, 11) is 1.61. The molecule has 4 nitrogen and oxygen atoms in total. The molecule has 0 unspecified atom stereocenters. The number of nitrogens with zero attached hydrogens (tertiary/aromatic N) is 2. The van der Waals surface area contributed by atoms with E-state index in [1.807, 2.05) is 42.7 Å². The lowest BCUT2D eigenvalue weighted by Gasteiger charge is -2.10. The number of hydrogen-bond donors (Lipinski definition) is 1. The second kappa shape index (κ2) is 5.54. The topological polar surface area (TPSA) is 53.1 Å². The summed E-state index contributed by atoms with van der Waals surface area (Å²) in [6, 6.07) is 13.9. The van der Waals surface area contributed by atoms with Crippen molar-refractivity contribution in [3.05, 3.63) is 59.9 Å². The van der Waals surface area contributed by atoms with Crippen molar-refractivity contribution in [1.82, 2.24) is 9.55 Å². The Labute approximate surface area is 128 Å². The van der Waals surface area contributed by atoms with Crippen LogP contribution in [0.15, 0.2) is 48.8 Å². The molecule has 0 aliphatic heterocycles. The molecule has 0 bridgehead atoms. The first-order chi connectivity index (χ1) is 10.2. The highest BCUT2D eigenvalue weighted by Gasteiger charge is 2.08. The maximum Gasteiger partial charge on any atom is 0.129 e. The second-order valence-electron chi connectivity index (χ2n) is 4.76. The third-order valence-electron chi connectivity index (χ3n) is 3.41. The van der Waals surface area contributed by atoms with Crippen LogP contribution in [0.3, 0.4) is 0 Å². The summed E-state index contributed by atoms with van der Waals surface area (Å²) >= 11 is 5.08. The van der Waals surface area contributed by atoms with E-state index in [2.05, 4.69) is 15.6 Å². The number of para-hydroxylation sites is 2. The number of aromatic nitrogens is 2. The van der Waals surface area contributed by atoms with Gasteiger partial charge in [-0.2, -0.15) is 0 Å². The van der Waals surface area contributed by atoms with Gasteiger partial charge < -0.3 is 15.0 Å². The first kappa shape index (κ1) is 13.6. The molecular weight excluding hydrogens is 282 g/mol. The Balaban J connectivity index is 1.98. The number of fused-ring (bicyclic) bond motifs is 1. The molecule has 0 fully saturated rings. The minimum absolute atomic E-state index is 0.337. The van der Waals surface area contributed by atoms with E-state index in [9.17, 15) is 0 Å². The molecule has 0 aliphatic carbocycles. The first-order valence-electron chi connectivity index (χ1n) is 6.55. The predicted octanol–water partition coefficient (Wildman–Crippen LogP) is 2.73. The summed E-state index contributed by atoms with van der Waals surface area (Å²) in [5.74, 6) is 0.696. The van der Waals surface area contributed by atoms with Gasteiger partial charge in [0.25, 0.3) is 0 Å². The zero-order valence-corrected chi connectivity index (χ0v) is 12.4. The van der Waals surface area contributed by atoms with Crippen molar-refractivity contribution >= 4 is 28.2 Å². The zero-order chi connectivity index (χ0) is 14.8. The van der Waals surface area contributed by atoms with Gasteiger partial charge >= 0.3 is 0 Å². The Bertz CT molecular complexity index is 810. The normalized spacial score (nSPS) is 10.7. The molecule has 0 aliphatic rings. The van der Waals surface area contributed by atoms with Gasteiger partial charge in [-0.1, -0.05) is 30.4 Å². The van der Waals surface area contributed by atoms with Crippen LogP contribution in [0.2, 0.25) is 0 Å². The van der Waals surface area contributed by atoms with E-state index < -0.39 is 0 Å². The van der Waals surface area contributed by atoms with E-state index >= 15 is 0 Å². The average Bonchev–Trinajstić information content (AvgIpc) is 2.90. The molecule has 2 aromatic carbocycles. The first-order valence-corrected chi connectivity index (χ1v) is 6.96. The van der Waals surface area contributed by atoms with Crippen molar-refractivity contribution in [3.8, 4) is 5.75 Å². The van der Waals surface area contributed by atoms with E-state index in [0.717, 1.165) is 22.2 Å². The molecule has 0 amide bonds. The predicted molar refractivity (Wildman–Crippen MR) is 87.7 cm³/mol. The van der Waals surface area contributed by atoms with Gasteiger partial charge in [0.1, 0.15) is 10.7 Å². The number of benzene rings is 2. The van der Waals surface area contributed by atoms with Crippen LogP contribution in [0.1, 0.15) is 11.1 Å². The Morgan fingerprint density at radius 2 is 2.10 bits per heavy atom. The van der Waals surface area contributed by atoms with Crippen molar-refractivity contribution in [2.24, 2.45) is 5.73 Å². The SMILES string of the molecule is COc1ccc(Cn2cnc3ccccc32)cc1C(N)=S. The molecule has 1 aromatic heterocycles. The summed E-state index contributed by atoms with van der Waals surface area (Å²) in [6.45, 7) is 0.708. The van der Waals surface area contributed by atoms with Crippen LogP contribution in [0, 0.1) is 0 Å². The largest absolute Gasteiger partial charge is 0.496 e. The number of ether oxygens (including phenoxy) is 1. The number of methoxy groups -OCH3 is 1. The minimum Gasteiger partial charge on any atom is -0.496 e. The molecule has 5 heteroatoms. The van der Waals surface area contributed by atoms with Gasteiger partial charge in [0.05, 0.1) is 30.0 Å². The highest BCUT2D eigenvalue weighted by atomic mass is 32.1. The van der Waals surface area contributed by atoms with Crippen molar-refractivity contribution in [2.45, 2.75) is 6.54 Å². The monoisotopic (exact) mass is 297 g/mol. The molecule has 0 saturated carbocycles. The summed E-state index contributed by atoms with van der Waals surface area (Å²) in [5.41, 5.74) is 9.70. The Kier molecular flexibility index (Phi) is 3.58. The molecule has 0 spiro atoms. The van der Waals surface area contributed by atoms with Crippen LogP contribution >= 0.6 is 12.2 Å². The molecule has 3 rings (SSSR count). The molecule has 0 atom stereocenters. The average molecular weight is 297 g/mol. The molecule has 1 heterocycles.